The maximum atomic E-state index is 9.49. The summed E-state index contributed by atoms with van der Waals surface area (Å²) in [7, 11) is 0. The Hall–Kier alpha value is -5.92. The van der Waals surface area contributed by atoms with E-state index in [9.17, 15) is 5.48 Å². The minimum atomic E-state index is -0.764. The van der Waals surface area contributed by atoms with Crippen molar-refractivity contribution in [1.29, 1.82) is 0 Å². The van der Waals surface area contributed by atoms with Crippen LogP contribution in [0.15, 0.2) is 174 Å². The van der Waals surface area contributed by atoms with Crippen molar-refractivity contribution < 1.29 is 22.2 Å². The van der Waals surface area contributed by atoms with E-state index in [-0.39, 0.29) is 5.56 Å². The van der Waals surface area contributed by atoms with Crippen molar-refractivity contribution in [2.24, 2.45) is 0 Å². The monoisotopic (exact) mass is 585 g/mol. The average Bonchev–Trinajstić information content (AvgIpc) is 3.61. The Morgan fingerprint density at radius 1 is 0.356 bits per heavy atom. The summed E-state index contributed by atoms with van der Waals surface area (Å²) in [6.07, 6.45) is 0. The summed E-state index contributed by atoms with van der Waals surface area (Å²) in [4.78, 5) is 0. The summed E-state index contributed by atoms with van der Waals surface area (Å²) in [5.74, 6) is 0. The van der Waals surface area contributed by atoms with Crippen LogP contribution in [0.1, 0.15) is 17.8 Å². The van der Waals surface area contributed by atoms with Crippen molar-refractivity contribution in [2.45, 2.75) is 0 Å². The van der Waals surface area contributed by atoms with E-state index in [4.69, 9.17) is 16.8 Å². The maximum absolute atomic E-state index is 9.49. The average molecular weight is 586 g/mol. The highest BCUT2D eigenvalue weighted by atomic mass is 16.3. The van der Waals surface area contributed by atoms with Gasteiger partial charge in [0.2, 0.25) is 0 Å². The van der Waals surface area contributed by atoms with Gasteiger partial charge in [-0.2, -0.15) is 0 Å². The van der Waals surface area contributed by atoms with Gasteiger partial charge in [0.25, 0.3) is 0 Å². The van der Waals surface area contributed by atoms with Gasteiger partial charge in [0.1, 0.15) is 11.2 Å². The standard InChI is InChI=1S/C44H28O/c1-2-12-29(13-3-1)33-14-4-5-15-34(33)30-22-24-31(25-23-30)43-37-17-6-8-19-39(37)44(40-20-9-7-18-38(40)43)32-26-27-36-35-16-10-11-21-41(35)45-42(36)28-32/h1-28H/i1D,2D,3D,4D,5D,12D,13D,14D,15D,22D,23D,24D,25D. The molecule has 1 aromatic heterocycles. The molecule has 45 heavy (non-hydrogen) atoms. The van der Waals surface area contributed by atoms with Crippen LogP contribution >= 0.6 is 0 Å². The van der Waals surface area contributed by atoms with Gasteiger partial charge in [-0.3, -0.25) is 0 Å². The van der Waals surface area contributed by atoms with Gasteiger partial charge in [-0.1, -0.05) is 151 Å². The van der Waals surface area contributed by atoms with Gasteiger partial charge in [-0.25, -0.2) is 0 Å². The van der Waals surface area contributed by atoms with Crippen LogP contribution in [-0.4, -0.2) is 0 Å². The second kappa shape index (κ2) is 10.4. The summed E-state index contributed by atoms with van der Waals surface area (Å²) in [5, 5.41) is 4.77. The summed E-state index contributed by atoms with van der Waals surface area (Å²) in [6, 6.07) is 19.8. The second-order valence-corrected chi connectivity index (χ2v) is 10.7. The van der Waals surface area contributed by atoms with Crippen molar-refractivity contribution in [3.8, 4) is 44.5 Å². The Kier molecular flexibility index (Phi) is 3.62. The van der Waals surface area contributed by atoms with Gasteiger partial charge in [0.15, 0.2) is 0 Å². The Balaban J connectivity index is 1.35. The number of benzene rings is 8. The highest BCUT2D eigenvalue weighted by Crippen LogP contribution is 2.45. The lowest BCUT2D eigenvalue weighted by Gasteiger charge is -2.18. The first kappa shape index (κ1) is 15.7. The third kappa shape index (κ3) is 4.17. The second-order valence-electron chi connectivity index (χ2n) is 10.7. The summed E-state index contributed by atoms with van der Waals surface area (Å²) in [6.45, 7) is 0. The zero-order chi connectivity index (χ0) is 41.1. The molecule has 0 radical (unpaired) electrons. The molecule has 0 aliphatic rings. The van der Waals surface area contributed by atoms with Crippen LogP contribution in [0.25, 0.3) is 88.0 Å². The number of fused-ring (bicyclic) bond motifs is 5. The summed E-state index contributed by atoms with van der Waals surface area (Å²) >= 11 is 0. The molecule has 9 aromatic rings. The number of hydrogen-bond acceptors (Lipinski definition) is 1. The van der Waals surface area contributed by atoms with E-state index in [0.717, 1.165) is 38.3 Å². The van der Waals surface area contributed by atoms with Gasteiger partial charge >= 0.3 is 0 Å². The lowest BCUT2D eigenvalue weighted by molar-refractivity contribution is 0.669. The summed E-state index contributed by atoms with van der Waals surface area (Å²) in [5.41, 5.74) is 1.47. The van der Waals surface area contributed by atoms with Crippen LogP contribution in [0.4, 0.5) is 0 Å². The molecule has 0 aliphatic carbocycles. The molecule has 8 aromatic carbocycles. The zero-order valence-electron chi connectivity index (χ0n) is 36.6. The molecule has 9 rings (SSSR count). The van der Waals surface area contributed by atoms with Gasteiger partial charge in [0, 0.05) is 10.8 Å². The fourth-order valence-corrected chi connectivity index (χ4v) is 6.22. The van der Waals surface area contributed by atoms with Gasteiger partial charge < -0.3 is 4.42 Å². The van der Waals surface area contributed by atoms with E-state index in [0.29, 0.717) is 21.9 Å². The normalized spacial score (nSPS) is 15.6. The van der Waals surface area contributed by atoms with Crippen LogP contribution in [0.3, 0.4) is 0 Å². The molecule has 0 atom stereocenters. The molecule has 210 valence electrons. The third-order valence-electron chi connectivity index (χ3n) is 8.16. The molecular formula is C44H28O. The lowest BCUT2D eigenvalue weighted by atomic mass is 9.85. The van der Waals surface area contributed by atoms with E-state index in [1.54, 1.807) is 0 Å². The van der Waals surface area contributed by atoms with Crippen molar-refractivity contribution in [3.63, 3.8) is 0 Å². The van der Waals surface area contributed by atoms with E-state index in [1.165, 1.54) is 0 Å². The predicted molar refractivity (Wildman–Crippen MR) is 190 cm³/mol. The number of hydrogen-bond donors (Lipinski definition) is 0. The largest absolute Gasteiger partial charge is 0.456 e. The molecule has 0 amide bonds. The van der Waals surface area contributed by atoms with E-state index >= 15 is 0 Å². The van der Waals surface area contributed by atoms with E-state index < -0.39 is 101 Å². The smallest absolute Gasteiger partial charge is 0.136 e. The van der Waals surface area contributed by atoms with Crippen LogP contribution < -0.4 is 0 Å². The molecule has 0 spiro atoms. The van der Waals surface area contributed by atoms with Crippen LogP contribution in [0.2, 0.25) is 0 Å². The molecule has 0 N–H and O–H groups in total. The Morgan fingerprint density at radius 2 is 0.822 bits per heavy atom. The van der Waals surface area contributed by atoms with Crippen molar-refractivity contribution in [3.05, 3.63) is 170 Å². The first-order chi connectivity index (χ1) is 27.7. The number of para-hydroxylation sites is 1. The van der Waals surface area contributed by atoms with Crippen molar-refractivity contribution in [2.75, 3.05) is 0 Å². The van der Waals surface area contributed by atoms with Gasteiger partial charge in [-0.15, -0.1) is 0 Å². The number of rotatable bonds is 4. The zero-order valence-corrected chi connectivity index (χ0v) is 23.6. The Labute approximate surface area is 279 Å². The molecule has 1 nitrogen and oxygen atoms in total. The SMILES string of the molecule is [2H]c1c([2H])c([2H])c(-c2c([2H])c([2H])c([2H])c([2H])c2-c2c([2H])c([2H])c(-c3c4ccccc4c(-c4ccc5c(c4)oc4ccccc45)c4ccccc34)c([2H])c2[2H])c([2H])c1[2H]. The highest BCUT2D eigenvalue weighted by Gasteiger charge is 2.18. The lowest BCUT2D eigenvalue weighted by Crippen LogP contribution is -1.91. The van der Waals surface area contributed by atoms with E-state index in [1.807, 2.05) is 91.0 Å². The molecule has 1 heterocycles. The first-order valence-electron chi connectivity index (χ1n) is 20.9. The molecule has 0 fully saturated rings. The quantitative estimate of drug-likeness (QED) is 0.187. The fourth-order valence-electron chi connectivity index (χ4n) is 6.22. The molecule has 0 bridgehead atoms. The Morgan fingerprint density at radius 3 is 1.44 bits per heavy atom. The van der Waals surface area contributed by atoms with Crippen LogP contribution in [0.5, 0.6) is 0 Å². The summed E-state index contributed by atoms with van der Waals surface area (Å²) < 4.78 is 121. The fraction of sp³-hybridized carbons (Fsp3) is 0. The van der Waals surface area contributed by atoms with Crippen molar-refractivity contribution >= 4 is 43.5 Å². The first-order valence-corrected chi connectivity index (χ1v) is 14.4. The topological polar surface area (TPSA) is 13.1 Å². The maximum Gasteiger partial charge on any atom is 0.136 e. The predicted octanol–water partition coefficient (Wildman–Crippen LogP) is 12.6. The number of furan rings is 1. The van der Waals surface area contributed by atoms with Crippen LogP contribution in [0, 0.1) is 0 Å². The minimum absolute atomic E-state index is 0.0457. The van der Waals surface area contributed by atoms with Crippen LogP contribution in [-0.2, 0) is 0 Å². The molecule has 0 saturated heterocycles. The minimum Gasteiger partial charge on any atom is -0.456 e. The Bertz CT molecular complexity index is 3160. The molecule has 0 aliphatic heterocycles. The molecule has 0 saturated carbocycles. The van der Waals surface area contributed by atoms with Gasteiger partial charge in [0.05, 0.1) is 17.8 Å². The molecule has 0 unspecified atom stereocenters. The van der Waals surface area contributed by atoms with Gasteiger partial charge in [-0.05, 0) is 84.3 Å². The molecule has 1 heteroatoms. The third-order valence-corrected chi connectivity index (χ3v) is 8.16. The molecular weight excluding hydrogens is 544 g/mol. The van der Waals surface area contributed by atoms with E-state index in [2.05, 4.69) is 0 Å². The highest BCUT2D eigenvalue weighted by molar-refractivity contribution is 6.22. The van der Waals surface area contributed by atoms with Crippen molar-refractivity contribution in [1.82, 2.24) is 0 Å².